The molecule has 0 radical (unpaired) electrons. The van der Waals surface area contributed by atoms with Gasteiger partial charge in [0.15, 0.2) is 0 Å². The molecule has 2 saturated heterocycles. The van der Waals surface area contributed by atoms with Gasteiger partial charge in [0.1, 0.15) is 6.04 Å². The van der Waals surface area contributed by atoms with E-state index < -0.39 is 5.41 Å². The molecule has 144 valence electrons. The van der Waals surface area contributed by atoms with E-state index in [1.54, 1.807) is 7.11 Å². The van der Waals surface area contributed by atoms with E-state index in [1.165, 1.54) is 7.11 Å². The van der Waals surface area contributed by atoms with E-state index in [-0.39, 0.29) is 34.6 Å². The van der Waals surface area contributed by atoms with Gasteiger partial charge < -0.3 is 24.6 Å². The Bertz CT molecular complexity index is 852. The lowest BCUT2D eigenvalue weighted by atomic mass is 9.56. The SMILES string of the molecule is COC(=O)C1=C2Nc3ccccc3[C@]23CC[N+]2([O-])CC[C@H]1[C@@H]([C@H](C)OC)[C@H]32. The predicted octanol–water partition coefficient (Wildman–Crippen LogP) is 2.55. The number of carbonyl (C=O) groups excluding carboxylic acids is 1. The van der Waals surface area contributed by atoms with Gasteiger partial charge in [0, 0.05) is 43.2 Å². The maximum absolute atomic E-state index is 13.9. The van der Waals surface area contributed by atoms with Crippen LogP contribution < -0.4 is 5.32 Å². The van der Waals surface area contributed by atoms with E-state index >= 15 is 0 Å². The van der Waals surface area contributed by atoms with Crippen molar-refractivity contribution in [3.63, 3.8) is 0 Å². The van der Waals surface area contributed by atoms with E-state index in [0.717, 1.165) is 28.9 Å². The van der Waals surface area contributed by atoms with Crippen molar-refractivity contribution in [3.8, 4) is 0 Å². The second kappa shape index (κ2) is 5.56. The first-order chi connectivity index (χ1) is 13.0. The molecule has 5 rings (SSSR count). The molecular weight excluding hydrogens is 344 g/mol. The Kier molecular flexibility index (Phi) is 3.55. The number of para-hydroxylation sites is 1. The molecule has 1 aliphatic carbocycles. The van der Waals surface area contributed by atoms with Crippen molar-refractivity contribution in [2.75, 3.05) is 32.6 Å². The van der Waals surface area contributed by atoms with Crippen molar-refractivity contribution in [3.05, 3.63) is 46.3 Å². The Morgan fingerprint density at radius 2 is 2.11 bits per heavy atom. The van der Waals surface area contributed by atoms with Crippen LogP contribution in [0.2, 0.25) is 0 Å². The lowest BCUT2D eigenvalue weighted by Crippen LogP contribution is -2.66. The standard InChI is InChI=1S/C21H26N2O4/c1-12(26-2)16-13-8-10-23(25)11-9-21(19(16)23)14-6-4-5-7-15(14)22-18(21)17(13)20(24)27-3/h4-7,12-13,16,19,22H,8-11H2,1-3H3/t12-,13-,16+,19+,21+,23?/m0/s1. The summed E-state index contributed by atoms with van der Waals surface area (Å²) in [6, 6.07) is 8.04. The summed E-state index contributed by atoms with van der Waals surface area (Å²) >= 11 is 0. The number of nitrogens with one attached hydrogen (secondary N) is 1. The molecule has 0 amide bonds. The number of nitrogens with zero attached hydrogens (tertiary/aromatic N) is 1. The fourth-order valence-electron chi connectivity index (χ4n) is 6.58. The Hall–Kier alpha value is -1.89. The molecule has 6 nitrogen and oxygen atoms in total. The third-order valence-corrected chi connectivity index (χ3v) is 7.62. The average Bonchev–Trinajstić information content (AvgIpc) is 3.20. The van der Waals surface area contributed by atoms with Crippen molar-refractivity contribution in [2.45, 2.75) is 37.3 Å². The molecule has 0 saturated carbocycles. The van der Waals surface area contributed by atoms with Crippen molar-refractivity contribution in [1.29, 1.82) is 0 Å². The number of carbonyl (C=O) groups is 1. The Labute approximate surface area is 159 Å². The molecule has 1 unspecified atom stereocenters. The largest absolute Gasteiger partial charge is 0.633 e. The topological polar surface area (TPSA) is 70.6 Å². The first kappa shape index (κ1) is 17.2. The van der Waals surface area contributed by atoms with E-state index in [9.17, 15) is 10.0 Å². The van der Waals surface area contributed by atoms with Gasteiger partial charge in [0.05, 0.1) is 37.3 Å². The zero-order chi connectivity index (χ0) is 19.0. The van der Waals surface area contributed by atoms with Crippen LogP contribution in [0.1, 0.15) is 25.3 Å². The van der Waals surface area contributed by atoms with Crippen molar-refractivity contribution in [2.24, 2.45) is 11.8 Å². The van der Waals surface area contributed by atoms with Crippen LogP contribution in [0.5, 0.6) is 0 Å². The minimum absolute atomic E-state index is 0.00504. The summed E-state index contributed by atoms with van der Waals surface area (Å²) in [7, 11) is 3.14. The van der Waals surface area contributed by atoms with Gasteiger partial charge in [0.25, 0.3) is 0 Å². The van der Waals surface area contributed by atoms with Crippen LogP contribution >= 0.6 is 0 Å². The third-order valence-electron chi connectivity index (χ3n) is 7.62. The molecule has 1 N–H and O–H groups in total. The monoisotopic (exact) mass is 370 g/mol. The van der Waals surface area contributed by atoms with E-state index in [2.05, 4.69) is 11.4 Å². The summed E-state index contributed by atoms with van der Waals surface area (Å²) in [6.07, 6.45) is 1.34. The van der Waals surface area contributed by atoms with Crippen LogP contribution in [-0.2, 0) is 19.7 Å². The molecule has 1 aromatic carbocycles. The smallest absolute Gasteiger partial charge is 0.335 e. The Morgan fingerprint density at radius 3 is 2.85 bits per heavy atom. The highest BCUT2D eigenvalue weighted by molar-refractivity contribution is 5.93. The maximum atomic E-state index is 13.9. The molecule has 6 heteroatoms. The first-order valence-electron chi connectivity index (χ1n) is 9.78. The summed E-state index contributed by atoms with van der Waals surface area (Å²) in [5.74, 6) is -0.297. The van der Waals surface area contributed by atoms with E-state index in [0.29, 0.717) is 19.5 Å². The molecule has 1 spiro atoms. The third kappa shape index (κ3) is 1.93. The summed E-state index contributed by atoms with van der Waals surface area (Å²) in [6.45, 7) is 3.17. The van der Waals surface area contributed by atoms with Crippen LogP contribution in [-0.4, -0.2) is 50.1 Å². The number of methoxy groups -OCH3 is 2. The molecular formula is C21H26N2O4. The van der Waals surface area contributed by atoms with Gasteiger partial charge in [-0.1, -0.05) is 18.2 Å². The van der Waals surface area contributed by atoms with E-state index in [1.807, 2.05) is 25.1 Å². The van der Waals surface area contributed by atoms with Crippen LogP contribution in [0.3, 0.4) is 0 Å². The summed E-state index contributed by atoms with van der Waals surface area (Å²) < 4.78 is 10.8. The predicted molar refractivity (Wildman–Crippen MR) is 101 cm³/mol. The first-order valence-corrected chi connectivity index (χ1v) is 9.78. The number of quaternary nitrogens is 1. The summed E-state index contributed by atoms with van der Waals surface area (Å²) in [5, 5.41) is 17.4. The van der Waals surface area contributed by atoms with Gasteiger partial charge in [0.2, 0.25) is 0 Å². The molecule has 0 aromatic heterocycles. The second-order valence-corrected chi connectivity index (χ2v) is 8.43. The van der Waals surface area contributed by atoms with E-state index in [4.69, 9.17) is 9.47 Å². The highest BCUT2D eigenvalue weighted by Crippen LogP contribution is 2.64. The van der Waals surface area contributed by atoms with Crippen LogP contribution in [0, 0.1) is 17.0 Å². The number of piperidine rings is 1. The highest BCUT2D eigenvalue weighted by atomic mass is 16.6. The van der Waals surface area contributed by atoms with Gasteiger partial charge >= 0.3 is 5.97 Å². The molecule has 2 fully saturated rings. The molecule has 3 aliphatic heterocycles. The zero-order valence-electron chi connectivity index (χ0n) is 16.0. The number of hydrogen-bond acceptors (Lipinski definition) is 5. The van der Waals surface area contributed by atoms with Gasteiger partial charge in [-0.25, -0.2) is 4.79 Å². The normalized spacial score (nSPS) is 39.5. The summed E-state index contributed by atoms with van der Waals surface area (Å²) in [5.41, 5.74) is 3.36. The zero-order valence-corrected chi connectivity index (χ0v) is 16.0. The fraction of sp³-hybridized carbons (Fsp3) is 0.571. The van der Waals surface area contributed by atoms with Crippen LogP contribution in [0.25, 0.3) is 0 Å². The molecule has 3 heterocycles. The van der Waals surface area contributed by atoms with Crippen molar-refractivity contribution in [1.82, 2.24) is 0 Å². The number of benzene rings is 1. The van der Waals surface area contributed by atoms with Gasteiger partial charge in [-0.15, -0.1) is 0 Å². The van der Waals surface area contributed by atoms with Gasteiger partial charge in [-0.05, 0) is 18.6 Å². The second-order valence-electron chi connectivity index (χ2n) is 8.43. The quantitative estimate of drug-likeness (QED) is 0.503. The number of hydroxylamine groups is 3. The van der Waals surface area contributed by atoms with Gasteiger partial charge in [-0.2, -0.15) is 0 Å². The Balaban J connectivity index is 1.84. The van der Waals surface area contributed by atoms with Crippen LogP contribution in [0.4, 0.5) is 5.69 Å². The number of esters is 1. The maximum Gasteiger partial charge on any atom is 0.335 e. The highest BCUT2D eigenvalue weighted by Gasteiger charge is 2.70. The number of fused-ring (bicyclic) bond motifs is 2. The average molecular weight is 370 g/mol. The molecule has 27 heavy (non-hydrogen) atoms. The number of anilines is 1. The van der Waals surface area contributed by atoms with Gasteiger partial charge in [-0.3, -0.25) is 0 Å². The minimum atomic E-state index is -0.448. The summed E-state index contributed by atoms with van der Waals surface area (Å²) in [4.78, 5) is 12.9. The van der Waals surface area contributed by atoms with Crippen LogP contribution in [0.15, 0.2) is 35.5 Å². The lowest BCUT2D eigenvalue weighted by Gasteiger charge is -2.59. The lowest BCUT2D eigenvalue weighted by molar-refractivity contribution is -0.906. The van der Waals surface area contributed by atoms with Crippen molar-refractivity contribution >= 4 is 11.7 Å². The van der Waals surface area contributed by atoms with Crippen molar-refractivity contribution < 1.29 is 18.9 Å². The fourth-order valence-corrected chi connectivity index (χ4v) is 6.58. The molecule has 2 bridgehead atoms. The number of rotatable bonds is 3. The number of ether oxygens (including phenoxy) is 2. The minimum Gasteiger partial charge on any atom is -0.633 e. The number of hydrogen-bond donors (Lipinski definition) is 1. The Morgan fingerprint density at radius 1 is 1.33 bits per heavy atom. The molecule has 1 aromatic rings. The molecule has 4 aliphatic rings. The molecule has 6 atom stereocenters.